The fourth-order valence-corrected chi connectivity index (χ4v) is 3.61. The maximum Gasteiger partial charge on any atom is 0.410 e. The second-order valence-electron chi connectivity index (χ2n) is 8.84. The van der Waals surface area contributed by atoms with Gasteiger partial charge >= 0.3 is 6.09 Å². The van der Waals surface area contributed by atoms with Crippen LogP contribution in [-0.2, 0) is 4.74 Å². The molecule has 0 bridgehead atoms. The summed E-state index contributed by atoms with van der Waals surface area (Å²) in [5.74, 6) is 0.754. The minimum Gasteiger partial charge on any atom is -0.490 e. The van der Waals surface area contributed by atoms with Gasteiger partial charge in [0.2, 0.25) is 0 Å². The van der Waals surface area contributed by atoms with E-state index in [0.29, 0.717) is 18.7 Å². The van der Waals surface area contributed by atoms with Crippen LogP contribution in [0.3, 0.4) is 0 Å². The Labute approximate surface area is 185 Å². The van der Waals surface area contributed by atoms with Gasteiger partial charge in [0.05, 0.1) is 16.8 Å². The van der Waals surface area contributed by atoms with E-state index >= 15 is 0 Å². The van der Waals surface area contributed by atoms with Crippen LogP contribution in [0.5, 0.6) is 5.75 Å². The average Bonchev–Trinajstić information content (AvgIpc) is 3.17. The molecule has 1 amide bonds. The third-order valence-electron chi connectivity index (χ3n) is 5.19. The monoisotopic (exact) mass is 438 g/mol. The predicted octanol–water partition coefficient (Wildman–Crippen LogP) is 4.69. The summed E-state index contributed by atoms with van der Waals surface area (Å²) in [6.45, 7) is 6.79. The number of likely N-dealkylation sites (tertiary alicyclic amines) is 1. The molecule has 1 aliphatic heterocycles. The van der Waals surface area contributed by atoms with Crippen molar-refractivity contribution >= 4 is 17.4 Å². The largest absolute Gasteiger partial charge is 0.490 e. The summed E-state index contributed by atoms with van der Waals surface area (Å²) in [5.41, 5.74) is 1.78. The Balaban J connectivity index is 1.36. The van der Waals surface area contributed by atoms with Gasteiger partial charge in [0.1, 0.15) is 23.1 Å². The average molecular weight is 438 g/mol. The third-order valence-corrected chi connectivity index (χ3v) is 5.19. The number of nitrogens with zero attached hydrogens (tertiary/aromatic N) is 4. The molecule has 4 rings (SSSR count). The molecule has 0 unspecified atom stereocenters. The van der Waals surface area contributed by atoms with Gasteiger partial charge in [0, 0.05) is 43.8 Å². The number of aromatic nitrogens is 2. The summed E-state index contributed by atoms with van der Waals surface area (Å²) in [6.07, 6.45) is 4.46. The van der Waals surface area contributed by atoms with Gasteiger partial charge in [-0.05, 0) is 51.1 Å². The number of rotatable bonds is 4. The number of amides is 1. The Hall–Kier alpha value is -3.62. The Morgan fingerprint density at radius 3 is 2.41 bits per heavy atom. The summed E-state index contributed by atoms with van der Waals surface area (Å²) in [4.78, 5) is 29.0. The quantitative estimate of drug-likeness (QED) is 0.433. The molecule has 32 heavy (non-hydrogen) atoms. The van der Waals surface area contributed by atoms with Crippen LogP contribution in [0.25, 0.3) is 16.9 Å². The maximum absolute atomic E-state index is 12.2. The Kier molecular flexibility index (Phi) is 5.73. The summed E-state index contributed by atoms with van der Waals surface area (Å²) in [7, 11) is 0. The van der Waals surface area contributed by atoms with Gasteiger partial charge in [-0.1, -0.05) is 0 Å². The first-order valence-corrected chi connectivity index (χ1v) is 10.6. The molecule has 0 spiro atoms. The van der Waals surface area contributed by atoms with Gasteiger partial charge < -0.3 is 14.4 Å². The molecule has 1 aliphatic rings. The first-order chi connectivity index (χ1) is 15.2. The summed E-state index contributed by atoms with van der Waals surface area (Å²) < 4.78 is 13.2. The molecular formula is C23H26N4O5. The van der Waals surface area contributed by atoms with Crippen LogP contribution >= 0.6 is 0 Å². The Morgan fingerprint density at radius 2 is 1.78 bits per heavy atom. The van der Waals surface area contributed by atoms with Crippen molar-refractivity contribution in [3.63, 3.8) is 0 Å². The van der Waals surface area contributed by atoms with Crippen LogP contribution in [0, 0.1) is 10.1 Å². The zero-order chi connectivity index (χ0) is 22.9. The van der Waals surface area contributed by atoms with E-state index in [2.05, 4.69) is 4.98 Å². The molecule has 2 aromatic heterocycles. The number of ether oxygens (including phenoxy) is 2. The lowest BCUT2D eigenvalue weighted by atomic mass is 10.1. The number of carbonyl (C=O) groups excluding carboxylic acids is 1. The number of pyridine rings is 1. The summed E-state index contributed by atoms with van der Waals surface area (Å²) in [5, 5.41) is 11.0. The van der Waals surface area contributed by atoms with E-state index in [1.54, 1.807) is 21.6 Å². The number of nitro groups is 1. The Morgan fingerprint density at radius 1 is 1.09 bits per heavy atom. The van der Waals surface area contributed by atoms with Crippen LogP contribution in [0.15, 0.2) is 48.8 Å². The number of hydrogen-bond donors (Lipinski definition) is 0. The molecule has 0 aliphatic carbocycles. The van der Waals surface area contributed by atoms with Crippen molar-refractivity contribution in [1.82, 2.24) is 14.3 Å². The minimum atomic E-state index is -0.498. The van der Waals surface area contributed by atoms with Crippen LogP contribution in [0.1, 0.15) is 33.6 Å². The molecule has 0 saturated carbocycles. The standard InChI is InChI=1S/C23H26N4O5/c1-23(2,3)32-22(28)25-12-10-19(11-13-25)31-18-7-4-16(5-8-18)20-15-26-14-17(27(29)30)6-9-21(26)24-20/h4-9,14-15,19H,10-13H2,1-3H3. The zero-order valence-corrected chi connectivity index (χ0v) is 18.4. The molecule has 1 aromatic carbocycles. The first kappa shape index (κ1) is 21.6. The van der Waals surface area contributed by atoms with Crippen molar-refractivity contribution in [2.24, 2.45) is 0 Å². The van der Waals surface area contributed by atoms with Gasteiger partial charge in [-0.3, -0.25) is 14.5 Å². The van der Waals surface area contributed by atoms with Gasteiger partial charge in [-0.15, -0.1) is 0 Å². The maximum atomic E-state index is 12.2. The van der Waals surface area contributed by atoms with Crippen molar-refractivity contribution in [1.29, 1.82) is 0 Å². The molecule has 0 N–H and O–H groups in total. The minimum absolute atomic E-state index is 0.0166. The molecule has 1 saturated heterocycles. The van der Waals surface area contributed by atoms with E-state index in [-0.39, 0.29) is 17.9 Å². The van der Waals surface area contributed by atoms with Gasteiger partial charge in [0.15, 0.2) is 0 Å². The summed E-state index contributed by atoms with van der Waals surface area (Å²) in [6, 6.07) is 10.7. The van der Waals surface area contributed by atoms with E-state index in [4.69, 9.17) is 9.47 Å². The molecule has 3 aromatic rings. The van der Waals surface area contributed by atoms with Crippen LogP contribution in [0.2, 0.25) is 0 Å². The smallest absolute Gasteiger partial charge is 0.410 e. The number of carbonyl (C=O) groups is 1. The fourth-order valence-electron chi connectivity index (χ4n) is 3.61. The fraction of sp³-hybridized carbons (Fsp3) is 0.391. The lowest BCUT2D eigenvalue weighted by Crippen LogP contribution is -2.44. The lowest BCUT2D eigenvalue weighted by molar-refractivity contribution is -0.385. The molecular weight excluding hydrogens is 412 g/mol. The normalized spacial score (nSPS) is 15.0. The second-order valence-corrected chi connectivity index (χ2v) is 8.84. The zero-order valence-electron chi connectivity index (χ0n) is 18.4. The molecule has 0 atom stereocenters. The molecule has 1 fully saturated rings. The molecule has 3 heterocycles. The third kappa shape index (κ3) is 4.99. The van der Waals surface area contributed by atoms with Crippen LogP contribution in [0.4, 0.5) is 10.5 Å². The lowest BCUT2D eigenvalue weighted by Gasteiger charge is -2.33. The summed E-state index contributed by atoms with van der Waals surface area (Å²) >= 11 is 0. The number of piperidine rings is 1. The predicted molar refractivity (Wildman–Crippen MR) is 119 cm³/mol. The number of benzene rings is 1. The highest BCUT2D eigenvalue weighted by molar-refractivity contribution is 5.68. The Bertz CT molecular complexity index is 1130. The highest BCUT2D eigenvalue weighted by Crippen LogP contribution is 2.26. The molecule has 168 valence electrons. The van der Waals surface area contributed by atoms with Crippen molar-refractivity contribution in [3.8, 4) is 17.0 Å². The molecule has 0 radical (unpaired) electrons. The van der Waals surface area contributed by atoms with Crippen molar-refractivity contribution < 1.29 is 19.2 Å². The van der Waals surface area contributed by atoms with Gasteiger partial charge in [0.25, 0.3) is 5.69 Å². The highest BCUT2D eigenvalue weighted by Gasteiger charge is 2.27. The SMILES string of the molecule is CC(C)(C)OC(=O)N1CCC(Oc2ccc(-c3cn4cc([N+](=O)[O-])ccc4n3)cc2)CC1. The van der Waals surface area contributed by atoms with Gasteiger partial charge in [-0.2, -0.15) is 0 Å². The van der Waals surface area contributed by atoms with E-state index in [1.165, 1.54) is 12.3 Å². The molecule has 9 heteroatoms. The number of fused-ring (bicyclic) bond motifs is 1. The van der Waals surface area contributed by atoms with E-state index < -0.39 is 10.5 Å². The van der Waals surface area contributed by atoms with E-state index in [9.17, 15) is 14.9 Å². The molecule has 9 nitrogen and oxygen atoms in total. The van der Waals surface area contributed by atoms with Crippen LogP contribution in [-0.4, -0.2) is 50.1 Å². The van der Waals surface area contributed by atoms with Gasteiger partial charge in [-0.25, -0.2) is 9.78 Å². The highest BCUT2D eigenvalue weighted by atomic mass is 16.6. The van der Waals surface area contributed by atoms with E-state index in [1.807, 2.05) is 45.0 Å². The van der Waals surface area contributed by atoms with Crippen molar-refractivity contribution in [2.45, 2.75) is 45.3 Å². The number of imidazole rings is 1. The topological polar surface area (TPSA) is 99.2 Å². The number of hydrogen-bond acceptors (Lipinski definition) is 6. The van der Waals surface area contributed by atoms with Crippen LogP contribution < -0.4 is 4.74 Å². The van der Waals surface area contributed by atoms with Crippen molar-refractivity contribution in [2.75, 3.05) is 13.1 Å². The first-order valence-electron chi connectivity index (χ1n) is 10.6. The van der Waals surface area contributed by atoms with Crippen molar-refractivity contribution in [3.05, 3.63) is 58.9 Å². The second kappa shape index (κ2) is 8.49. The van der Waals surface area contributed by atoms with E-state index in [0.717, 1.165) is 29.8 Å².